The Bertz CT molecular complexity index is 793. The van der Waals surface area contributed by atoms with Crippen LogP contribution in [-0.2, 0) is 13.2 Å². The highest BCUT2D eigenvalue weighted by molar-refractivity contribution is 9.10. The summed E-state index contributed by atoms with van der Waals surface area (Å²) in [5, 5.41) is 6.17. The number of thiophene rings is 1. The van der Waals surface area contributed by atoms with E-state index in [0.29, 0.717) is 12.6 Å². The maximum Gasteiger partial charge on any atom is 0.438 e. The van der Waals surface area contributed by atoms with E-state index in [4.69, 9.17) is 4.42 Å². The van der Waals surface area contributed by atoms with Crippen LogP contribution in [0.2, 0.25) is 0 Å². The Morgan fingerprint density at radius 3 is 2.77 bits per heavy atom. The molecule has 0 aliphatic carbocycles. The van der Waals surface area contributed by atoms with Gasteiger partial charge < -0.3 is 4.42 Å². The van der Waals surface area contributed by atoms with Gasteiger partial charge in [-0.15, -0.1) is 16.4 Å². The van der Waals surface area contributed by atoms with E-state index in [0.717, 1.165) is 15.9 Å². The number of benzene rings is 1. The van der Waals surface area contributed by atoms with Crippen molar-refractivity contribution in [3.8, 4) is 10.8 Å². The van der Waals surface area contributed by atoms with E-state index in [-0.39, 0.29) is 0 Å². The molecule has 114 valence electrons. The highest BCUT2D eigenvalue weighted by Gasteiger charge is 2.12. The van der Waals surface area contributed by atoms with E-state index in [2.05, 4.69) is 21.0 Å². The molecule has 0 unspecified atom stereocenters. The molecule has 0 radical (unpaired) electrons. The molecule has 0 bridgehead atoms. The second-order valence-electron chi connectivity index (χ2n) is 4.93. The van der Waals surface area contributed by atoms with Gasteiger partial charge in [0.2, 0.25) is 0 Å². The van der Waals surface area contributed by atoms with Crippen LogP contribution in [0, 0.1) is 0 Å². The smallest absolute Gasteiger partial charge is 0.387 e. The van der Waals surface area contributed by atoms with Gasteiger partial charge in [0.05, 0.1) is 4.88 Å². The van der Waals surface area contributed by atoms with Gasteiger partial charge in [0, 0.05) is 11.0 Å². The minimum absolute atomic E-state index is 0.372. The van der Waals surface area contributed by atoms with Crippen molar-refractivity contribution in [1.82, 2.24) is 14.7 Å². The van der Waals surface area contributed by atoms with Crippen LogP contribution in [0.4, 0.5) is 0 Å². The van der Waals surface area contributed by atoms with Crippen molar-refractivity contribution in [3.63, 3.8) is 0 Å². The highest BCUT2D eigenvalue weighted by atomic mass is 79.9. The molecular formula is C15H14BrN3O2S. The quantitative estimate of drug-likeness (QED) is 0.681. The van der Waals surface area contributed by atoms with E-state index >= 15 is 0 Å². The molecule has 0 saturated heterocycles. The van der Waals surface area contributed by atoms with Crippen LogP contribution in [0.1, 0.15) is 5.56 Å². The molecule has 0 aliphatic heterocycles. The fraction of sp³-hybridized carbons (Fsp3) is 0.200. The van der Waals surface area contributed by atoms with E-state index in [9.17, 15) is 4.79 Å². The summed E-state index contributed by atoms with van der Waals surface area (Å²) in [6.45, 7) is 1.10. The first-order chi connectivity index (χ1) is 10.6. The Labute approximate surface area is 139 Å². The third-order valence-electron chi connectivity index (χ3n) is 3.08. The SMILES string of the molecule is CN(Cc1ccc(Br)cc1)Cn1nc(-c2cccs2)oc1=O. The van der Waals surface area contributed by atoms with E-state index in [1.54, 1.807) is 0 Å². The number of aromatic nitrogens is 2. The molecule has 0 saturated carbocycles. The third-order valence-corrected chi connectivity index (χ3v) is 4.47. The van der Waals surface area contributed by atoms with Gasteiger partial charge in [-0.3, -0.25) is 4.90 Å². The first-order valence-corrected chi connectivity index (χ1v) is 8.34. The van der Waals surface area contributed by atoms with Crippen molar-refractivity contribution in [2.75, 3.05) is 7.05 Å². The first-order valence-electron chi connectivity index (χ1n) is 6.66. The number of halogens is 1. The zero-order chi connectivity index (χ0) is 15.5. The number of hydrogen-bond acceptors (Lipinski definition) is 5. The van der Waals surface area contributed by atoms with Crippen molar-refractivity contribution in [1.29, 1.82) is 0 Å². The third kappa shape index (κ3) is 3.55. The highest BCUT2D eigenvalue weighted by Crippen LogP contribution is 2.21. The topological polar surface area (TPSA) is 51.3 Å². The van der Waals surface area contributed by atoms with Gasteiger partial charge in [0.25, 0.3) is 5.89 Å². The maximum absolute atomic E-state index is 11.9. The molecule has 0 aliphatic rings. The second-order valence-corrected chi connectivity index (χ2v) is 6.80. The Kier molecular flexibility index (Phi) is 4.56. The second kappa shape index (κ2) is 6.60. The molecule has 22 heavy (non-hydrogen) atoms. The van der Waals surface area contributed by atoms with Crippen molar-refractivity contribution < 1.29 is 4.42 Å². The summed E-state index contributed by atoms with van der Waals surface area (Å²) in [4.78, 5) is 14.7. The average Bonchev–Trinajstić information content (AvgIpc) is 3.12. The van der Waals surface area contributed by atoms with Crippen LogP contribution < -0.4 is 5.76 Å². The van der Waals surface area contributed by atoms with Crippen molar-refractivity contribution in [2.45, 2.75) is 13.2 Å². The summed E-state index contributed by atoms with van der Waals surface area (Å²) in [5.74, 6) is -0.0666. The van der Waals surface area contributed by atoms with E-state index in [1.165, 1.54) is 21.6 Å². The van der Waals surface area contributed by atoms with Crippen molar-refractivity contribution in [3.05, 3.63) is 62.4 Å². The summed E-state index contributed by atoms with van der Waals surface area (Å²) >= 11 is 4.91. The lowest BCUT2D eigenvalue weighted by Crippen LogP contribution is -2.28. The fourth-order valence-electron chi connectivity index (χ4n) is 2.08. The maximum atomic E-state index is 11.9. The molecule has 0 spiro atoms. The van der Waals surface area contributed by atoms with Gasteiger partial charge in [-0.1, -0.05) is 34.1 Å². The van der Waals surface area contributed by atoms with Crippen molar-refractivity contribution >= 4 is 27.3 Å². The molecule has 2 heterocycles. The molecule has 3 rings (SSSR count). The van der Waals surface area contributed by atoms with Gasteiger partial charge in [-0.2, -0.15) is 4.68 Å². The Balaban J connectivity index is 1.70. The van der Waals surface area contributed by atoms with Gasteiger partial charge >= 0.3 is 5.76 Å². The van der Waals surface area contributed by atoms with Crippen LogP contribution >= 0.6 is 27.3 Å². The minimum atomic E-state index is -0.439. The minimum Gasteiger partial charge on any atom is -0.387 e. The zero-order valence-corrected chi connectivity index (χ0v) is 14.3. The van der Waals surface area contributed by atoms with Gasteiger partial charge in [-0.25, -0.2) is 4.79 Å². The summed E-state index contributed by atoms with van der Waals surface area (Å²) in [6, 6.07) is 11.9. The molecule has 0 N–H and O–H groups in total. The van der Waals surface area contributed by atoms with E-state index in [1.807, 2.05) is 53.7 Å². The van der Waals surface area contributed by atoms with E-state index < -0.39 is 5.76 Å². The summed E-state index contributed by atoms with van der Waals surface area (Å²) < 4.78 is 7.59. The fourth-order valence-corrected chi connectivity index (χ4v) is 2.98. The standard InChI is InChI=1S/C15H14BrN3O2S/c1-18(9-11-4-6-12(16)7-5-11)10-19-15(20)21-14(17-19)13-3-2-8-22-13/h2-8H,9-10H2,1H3. The number of hydrogen-bond donors (Lipinski definition) is 0. The lowest BCUT2D eigenvalue weighted by Gasteiger charge is -2.15. The van der Waals surface area contributed by atoms with Crippen LogP contribution in [0.5, 0.6) is 0 Å². The number of rotatable bonds is 5. The largest absolute Gasteiger partial charge is 0.438 e. The number of nitrogens with zero attached hydrogens (tertiary/aromatic N) is 3. The Morgan fingerprint density at radius 1 is 1.32 bits per heavy atom. The molecule has 2 aromatic heterocycles. The predicted octanol–water partition coefficient (Wildman–Crippen LogP) is 3.42. The van der Waals surface area contributed by atoms with Crippen molar-refractivity contribution in [2.24, 2.45) is 0 Å². The monoisotopic (exact) mass is 379 g/mol. The lowest BCUT2D eigenvalue weighted by atomic mass is 10.2. The summed E-state index contributed by atoms with van der Waals surface area (Å²) in [6.07, 6.45) is 0. The molecule has 7 heteroatoms. The van der Waals surface area contributed by atoms with Crippen LogP contribution in [0.25, 0.3) is 10.8 Å². The summed E-state index contributed by atoms with van der Waals surface area (Å²) in [7, 11) is 1.94. The molecule has 0 atom stereocenters. The average molecular weight is 380 g/mol. The zero-order valence-electron chi connectivity index (χ0n) is 11.9. The molecule has 0 fully saturated rings. The Morgan fingerprint density at radius 2 is 2.09 bits per heavy atom. The molecule has 3 aromatic rings. The Hall–Kier alpha value is -1.70. The lowest BCUT2D eigenvalue weighted by molar-refractivity contribution is 0.237. The molecule has 5 nitrogen and oxygen atoms in total. The normalized spacial score (nSPS) is 11.2. The molecule has 1 aromatic carbocycles. The molecular weight excluding hydrogens is 366 g/mol. The van der Waals surface area contributed by atoms with Gasteiger partial charge in [-0.05, 0) is 36.2 Å². The van der Waals surface area contributed by atoms with Gasteiger partial charge in [0.15, 0.2) is 0 Å². The van der Waals surface area contributed by atoms with Crippen LogP contribution in [0.3, 0.4) is 0 Å². The van der Waals surface area contributed by atoms with Crippen LogP contribution in [-0.4, -0.2) is 21.7 Å². The predicted molar refractivity (Wildman–Crippen MR) is 89.7 cm³/mol. The van der Waals surface area contributed by atoms with Crippen LogP contribution in [0.15, 0.2) is 55.5 Å². The summed E-state index contributed by atoms with van der Waals surface area (Å²) in [5.41, 5.74) is 1.17. The van der Waals surface area contributed by atoms with Gasteiger partial charge in [0.1, 0.15) is 6.67 Å². The first kappa shape index (κ1) is 15.2. The molecule has 0 amide bonds.